The number of hydrogen-bond acceptors (Lipinski definition) is 6. The third kappa shape index (κ3) is 4.74. The molecule has 0 bridgehead atoms. The van der Waals surface area contributed by atoms with Gasteiger partial charge in [-0.2, -0.15) is 4.98 Å². The quantitative estimate of drug-likeness (QED) is 0.603. The molecule has 1 aromatic heterocycles. The Bertz CT molecular complexity index is 991. The summed E-state index contributed by atoms with van der Waals surface area (Å²) in [6.45, 7) is 3.83. The van der Waals surface area contributed by atoms with Crippen LogP contribution in [0.1, 0.15) is 21.6 Å². The molecule has 2 N–H and O–H groups in total. The molecule has 27 heavy (non-hydrogen) atoms. The zero-order valence-electron chi connectivity index (χ0n) is 15.2. The number of rotatable bonds is 5. The number of anilines is 4. The number of nitrogens with one attached hydrogen (secondary N) is 2. The highest BCUT2D eigenvalue weighted by Crippen LogP contribution is 2.24. The number of benzene rings is 2. The highest BCUT2D eigenvalue weighted by molar-refractivity contribution is 6.31. The fraction of sp³-hybridized carbons (Fsp3) is 0.150. The van der Waals surface area contributed by atoms with Crippen LogP contribution < -0.4 is 10.6 Å². The first-order valence-electron chi connectivity index (χ1n) is 8.29. The van der Waals surface area contributed by atoms with E-state index in [1.165, 1.54) is 7.11 Å². The van der Waals surface area contributed by atoms with Crippen molar-refractivity contribution in [3.8, 4) is 0 Å². The largest absolute Gasteiger partial charge is 0.465 e. The van der Waals surface area contributed by atoms with Crippen LogP contribution in [0.5, 0.6) is 0 Å². The minimum Gasteiger partial charge on any atom is -0.465 e. The molecule has 138 valence electrons. The van der Waals surface area contributed by atoms with E-state index in [2.05, 4.69) is 20.6 Å². The van der Waals surface area contributed by atoms with Crippen LogP contribution in [-0.2, 0) is 4.74 Å². The van der Waals surface area contributed by atoms with Crippen LogP contribution in [0.4, 0.5) is 23.1 Å². The van der Waals surface area contributed by atoms with Gasteiger partial charge in [0.15, 0.2) is 0 Å². The van der Waals surface area contributed by atoms with E-state index in [4.69, 9.17) is 16.3 Å². The smallest absolute Gasteiger partial charge is 0.337 e. The van der Waals surface area contributed by atoms with Gasteiger partial charge in [-0.15, -0.1) is 0 Å². The van der Waals surface area contributed by atoms with Crippen molar-refractivity contribution in [2.24, 2.45) is 0 Å². The van der Waals surface area contributed by atoms with E-state index >= 15 is 0 Å². The Labute approximate surface area is 162 Å². The highest BCUT2D eigenvalue weighted by Gasteiger charge is 2.08. The molecular formula is C20H19ClN4O2. The molecule has 0 amide bonds. The molecule has 7 heteroatoms. The number of nitrogens with zero attached hydrogens (tertiary/aromatic N) is 2. The van der Waals surface area contributed by atoms with Gasteiger partial charge in [-0.05, 0) is 49.7 Å². The molecule has 0 atom stereocenters. The maximum absolute atomic E-state index is 11.7. The molecule has 3 aromatic rings. The standard InChI is InChI=1S/C20H19ClN4O2/c1-12-7-8-16(11-17(12)21)23-18-9-13(2)22-20(25-18)24-15-6-4-5-14(10-15)19(26)27-3/h4-11H,1-3H3,(H2,22,23,24,25). The van der Waals surface area contributed by atoms with E-state index in [-0.39, 0.29) is 0 Å². The summed E-state index contributed by atoms with van der Waals surface area (Å²) in [5.74, 6) is 0.647. The number of aryl methyl sites for hydroxylation is 2. The zero-order valence-corrected chi connectivity index (χ0v) is 16.0. The van der Waals surface area contributed by atoms with E-state index in [0.29, 0.717) is 28.0 Å². The minimum atomic E-state index is -0.401. The molecule has 0 radical (unpaired) electrons. The number of methoxy groups -OCH3 is 1. The van der Waals surface area contributed by atoms with Crippen LogP contribution in [0.25, 0.3) is 0 Å². The van der Waals surface area contributed by atoms with Crippen LogP contribution in [0, 0.1) is 13.8 Å². The monoisotopic (exact) mass is 382 g/mol. The van der Waals surface area contributed by atoms with Crippen molar-refractivity contribution in [2.75, 3.05) is 17.7 Å². The van der Waals surface area contributed by atoms with Crippen molar-refractivity contribution in [2.45, 2.75) is 13.8 Å². The lowest BCUT2D eigenvalue weighted by molar-refractivity contribution is 0.0601. The molecule has 2 aromatic carbocycles. The molecule has 0 spiro atoms. The first-order valence-corrected chi connectivity index (χ1v) is 8.66. The molecule has 0 aliphatic carbocycles. The second-order valence-electron chi connectivity index (χ2n) is 6.00. The maximum Gasteiger partial charge on any atom is 0.337 e. The van der Waals surface area contributed by atoms with Gasteiger partial charge in [0.05, 0.1) is 12.7 Å². The maximum atomic E-state index is 11.7. The van der Waals surface area contributed by atoms with E-state index in [1.54, 1.807) is 18.2 Å². The van der Waals surface area contributed by atoms with E-state index < -0.39 is 5.97 Å². The molecule has 1 heterocycles. The summed E-state index contributed by atoms with van der Waals surface area (Å²) in [4.78, 5) is 20.5. The molecule has 3 rings (SSSR count). The predicted molar refractivity (Wildman–Crippen MR) is 107 cm³/mol. The van der Waals surface area contributed by atoms with Crippen LogP contribution in [0.15, 0.2) is 48.5 Å². The average molecular weight is 383 g/mol. The summed E-state index contributed by atoms with van der Waals surface area (Å²) in [5.41, 5.74) is 3.77. The van der Waals surface area contributed by atoms with Gasteiger partial charge in [0.1, 0.15) is 5.82 Å². The van der Waals surface area contributed by atoms with Gasteiger partial charge in [-0.25, -0.2) is 9.78 Å². The fourth-order valence-corrected chi connectivity index (χ4v) is 2.66. The van der Waals surface area contributed by atoms with E-state index in [9.17, 15) is 4.79 Å². The molecule has 0 saturated heterocycles. The van der Waals surface area contributed by atoms with Gasteiger partial charge in [0.2, 0.25) is 5.95 Å². The number of ether oxygens (including phenoxy) is 1. The van der Waals surface area contributed by atoms with Gasteiger partial charge < -0.3 is 15.4 Å². The molecule has 0 fully saturated rings. The average Bonchev–Trinajstić information content (AvgIpc) is 2.64. The highest BCUT2D eigenvalue weighted by atomic mass is 35.5. The van der Waals surface area contributed by atoms with Crippen molar-refractivity contribution in [1.82, 2.24) is 9.97 Å². The minimum absolute atomic E-state index is 0.401. The van der Waals surface area contributed by atoms with Gasteiger partial charge >= 0.3 is 5.97 Å². The number of halogens is 1. The van der Waals surface area contributed by atoms with Crippen molar-refractivity contribution in [1.29, 1.82) is 0 Å². The first kappa shape index (κ1) is 18.7. The van der Waals surface area contributed by atoms with Crippen molar-refractivity contribution >= 4 is 40.7 Å². The van der Waals surface area contributed by atoms with Crippen LogP contribution in [0.2, 0.25) is 5.02 Å². The van der Waals surface area contributed by atoms with Crippen molar-refractivity contribution in [3.63, 3.8) is 0 Å². The van der Waals surface area contributed by atoms with E-state index in [1.807, 2.05) is 44.2 Å². The molecule has 0 unspecified atom stereocenters. The zero-order chi connectivity index (χ0) is 19.4. The molecule has 0 saturated carbocycles. The third-order valence-corrected chi connectivity index (χ3v) is 4.25. The molecule has 6 nitrogen and oxygen atoms in total. The summed E-state index contributed by atoms with van der Waals surface area (Å²) in [6, 6.07) is 14.5. The molecule has 0 aliphatic heterocycles. The van der Waals surface area contributed by atoms with Crippen LogP contribution >= 0.6 is 11.6 Å². The SMILES string of the molecule is COC(=O)c1cccc(Nc2nc(C)cc(Nc3ccc(C)c(Cl)c3)n2)c1. The Morgan fingerprint density at radius 1 is 1.00 bits per heavy atom. The summed E-state index contributed by atoms with van der Waals surface area (Å²) < 4.78 is 4.75. The summed E-state index contributed by atoms with van der Waals surface area (Å²) in [5, 5.41) is 7.03. The van der Waals surface area contributed by atoms with Crippen LogP contribution in [-0.4, -0.2) is 23.0 Å². The number of carbonyl (C=O) groups excluding carboxylic acids is 1. The first-order chi connectivity index (χ1) is 12.9. The number of hydrogen-bond donors (Lipinski definition) is 2. The number of carbonyl (C=O) groups is 1. The lowest BCUT2D eigenvalue weighted by Crippen LogP contribution is -2.04. The predicted octanol–water partition coefficient (Wildman–Crippen LogP) is 5.02. The van der Waals surface area contributed by atoms with Crippen LogP contribution in [0.3, 0.4) is 0 Å². The Kier molecular flexibility index (Phi) is 5.57. The van der Waals surface area contributed by atoms with Gasteiger partial charge in [0, 0.05) is 28.2 Å². The molecule has 0 aliphatic rings. The Morgan fingerprint density at radius 3 is 2.52 bits per heavy atom. The Hall–Kier alpha value is -3.12. The van der Waals surface area contributed by atoms with E-state index in [0.717, 1.165) is 16.9 Å². The van der Waals surface area contributed by atoms with Crippen molar-refractivity contribution < 1.29 is 9.53 Å². The lowest BCUT2D eigenvalue weighted by Gasteiger charge is -2.11. The number of esters is 1. The van der Waals surface area contributed by atoms with Gasteiger partial charge in [0.25, 0.3) is 0 Å². The Morgan fingerprint density at radius 2 is 1.78 bits per heavy atom. The lowest BCUT2D eigenvalue weighted by atomic mass is 10.2. The van der Waals surface area contributed by atoms with Gasteiger partial charge in [-0.3, -0.25) is 0 Å². The topological polar surface area (TPSA) is 76.1 Å². The van der Waals surface area contributed by atoms with Gasteiger partial charge in [-0.1, -0.05) is 23.7 Å². The summed E-state index contributed by atoms with van der Waals surface area (Å²) in [6.07, 6.45) is 0. The normalized spacial score (nSPS) is 10.4. The molecular weight excluding hydrogens is 364 g/mol. The number of aromatic nitrogens is 2. The second kappa shape index (κ2) is 8.05. The third-order valence-electron chi connectivity index (χ3n) is 3.84. The summed E-state index contributed by atoms with van der Waals surface area (Å²) >= 11 is 6.18. The summed E-state index contributed by atoms with van der Waals surface area (Å²) in [7, 11) is 1.35. The fourth-order valence-electron chi connectivity index (χ4n) is 2.48. The second-order valence-corrected chi connectivity index (χ2v) is 6.41. The Balaban J connectivity index is 1.83. The van der Waals surface area contributed by atoms with Crippen molar-refractivity contribution in [3.05, 3.63) is 70.4 Å².